The van der Waals surface area contributed by atoms with Gasteiger partial charge in [0.1, 0.15) is 0 Å². The van der Waals surface area contributed by atoms with Crippen LogP contribution in [0, 0.1) is 0 Å². The van der Waals surface area contributed by atoms with Crippen LogP contribution in [0.5, 0.6) is 0 Å². The fraction of sp³-hybridized carbons (Fsp3) is 0.400. The number of nitrogens with two attached hydrogens (primary N) is 1. The molecule has 3 N–H and O–H groups in total. The molecule has 46 valence electrons. The lowest BCUT2D eigenvalue weighted by Crippen LogP contribution is -2.27. The second kappa shape index (κ2) is 4.33. The third-order valence-corrected chi connectivity index (χ3v) is 0.594. The van der Waals surface area contributed by atoms with Gasteiger partial charge in [-0.3, -0.25) is 4.79 Å². The van der Waals surface area contributed by atoms with Gasteiger partial charge in [-0.05, 0) is 13.0 Å². The van der Waals surface area contributed by atoms with E-state index < -0.39 is 0 Å². The first-order valence-electron chi connectivity index (χ1n) is 2.42. The number of carbonyl (C=O) groups excluding carboxylic acids is 1. The summed E-state index contributed by atoms with van der Waals surface area (Å²) in [4.78, 5) is 10.4. The van der Waals surface area contributed by atoms with E-state index in [0.717, 1.165) is 0 Å². The van der Waals surface area contributed by atoms with Crippen LogP contribution in [-0.2, 0) is 4.79 Å². The van der Waals surface area contributed by atoms with E-state index in [1.807, 2.05) is 0 Å². The molecule has 0 aliphatic carbocycles. The van der Waals surface area contributed by atoms with Gasteiger partial charge in [-0.25, -0.2) is 0 Å². The summed E-state index contributed by atoms with van der Waals surface area (Å²) in [6.07, 6.45) is 3.08. The fourth-order valence-corrected chi connectivity index (χ4v) is 0.311. The lowest BCUT2D eigenvalue weighted by atomic mass is 10.5. The predicted octanol–water partition coefficient (Wildman–Crippen LogP) is -0.405. The Labute approximate surface area is 48.6 Å². The average Bonchev–Trinajstić information content (AvgIpc) is 1.68. The van der Waals surface area contributed by atoms with Gasteiger partial charge in [-0.1, -0.05) is 6.08 Å². The van der Waals surface area contributed by atoms with Gasteiger partial charge in [0.05, 0.1) is 6.67 Å². The monoisotopic (exact) mass is 114 g/mol. The van der Waals surface area contributed by atoms with Gasteiger partial charge in [-0.2, -0.15) is 0 Å². The van der Waals surface area contributed by atoms with Crippen LogP contribution in [0.1, 0.15) is 6.92 Å². The van der Waals surface area contributed by atoms with Crippen LogP contribution < -0.4 is 11.1 Å². The third-order valence-electron chi connectivity index (χ3n) is 0.594. The molecule has 0 aliphatic heterocycles. The highest BCUT2D eigenvalue weighted by molar-refractivity contribution is 5.87. The molecule has 0 bridgehead atoms. The summed E-state index contributed by atoms with van der Waals surface area (Å²) in [5.74, 6) is -0.144. The Kier molecular flexibility index (Phi) is 3.88. The van der Waals surface area contributed by atoms with Crippen molar-refractivity contribution in [3.63, 3.8) is 0 Å². The van der Waals surface area contributed by atoms with Crippen LogP contribution in [0.2, 0.25) is 0 Å². The summed E-state index contributed by atoms with van der Waals surface area (Å²) in [7, 11) is 0. The SMILES string of the molecule is C/C=C\C(=O)NCN. The molecule has 3 nitrogen and oxygen atoms in total. The first kappa shape index (κ1) is 7.17. The Morgan fingerprint density at radius 1 is 1.88 bits per heavy atom. The predicted molar refractivity (Wildman–Crippen MR) is 32.0 cm³/mol. The number of rotatable bonds is 2. The summed E-state index contributed by atoms with van der Waals surface area (Å²) in [6.45, 7) is 1.97. The van der Waals surface area contributed by atoms with Crippen molar-refractivity contribution in [2.75, 3.05) is 6.67 Å². The number of hydrogen-bond donors (Lipinski definition) is 2. The van der Waals surface area contributed by atoms with Gasteiger partial charge in [0.15, 0.2) is 0 Å². The normalized spacial score (nSPS) is 9.75. The quantitative estimate of drug-likeness (QED) is 0.379. The molecule has 0 aromatic carbocycles. The zero-order chi connectivity index (χ0) is 6.41. The molecule has 0 rings (SSSR count). The van der Waals surface area contributed by atoms with E-state index in [0.29, 0.717) is 0 Å². The Balaban J connectivity index is 3.33. The average molecular weight is 114 g/mol. The minimum Gasteiger partial charge on any atom is -0.340 e. The summed E-state index contributed by atoms with van der Waals surface area (Å²) >= 11 is 0. The van der Waals surface area contributed by atoms with E-state index in [9.17, 15) is 4.79 Å². The van der Waals surface area contributed by atoms with Crippen LogP contribution in [0.4, 0.5) is 0 Å². The Hall–Kier alpha value is -0.830. The van der Waals surface area contributed by atoms with E-state index in [1.54, 1.807) is 13.0 Å². The van der Waals surface area contributed by atoms with Gasteiger partial charge < -0.3 is 11.1 Å². The van der Waals surface area contributed by atoms with Crippen molar-refractivity contribution in [1.29, 1.82) is 0 Å². The highest BCUT2D eigenvalue weighted by Crippen LogP contribution is 1.67. The molecule has 0 heterocycles. The van der Waals surface area contributed by atoms with Gasteiger partial charge in [0.25, 0.3) is 0 Å². The molecule has 3 heteroatoms. The lowest BCUT2D eigenvalue weighted by Gasteiger charge is -1.91. The van der Waals surface area contributed by atoms with E-state index in [-0.39, 0.29) is 12.6 Å². The number of allylic oxidation sites excluding steroid dienone is 1. The van der Waals surface area contributed by atoms with Crippen LogP contribution in [0.3, 0.4) is 0 Å². The molecule has 8 heavy (non-hydrogen) atoms. The van der Waals surface area contributed by atoms with Crippen molar-refractivity contribution in [2.45, 2.75) is 6.92 Å². The molecular formula is C5H10N2O. The molecule has 0 radical (unpaired) electrons. The molecule has 0 unspecified atom stereocenters. The maximum atomic E-state index is 10.4. The minimum absolute atomic E-state index is 0.144. The second-order valence-corrected chi connectivity index (χ2v) is 1.25. The molecule has 0 saturated carbocycles. The minimum atomic E-state index is -0.144. The summed E-state index contributed by atoms with van der Waals surface area (Å²) < 4.78 is 0. The van der Waals surface area contributed by atoms with Crippen LogP contribution in [0.15, 0.2) is 12.2 Å². The first-order valence-corrected chi connectivity index (χ1v) is 2.42. The molecule has 0 fully saturated rings. The zero-order valence-corrected chi connectivity index (χ0v) is 4.85. The van der Waals surface area contributed by atoms with E-state index in [2.05, 4.69) is 5.32 Å². The van der Waals surface area contributed by atoms with Gasteiger partial charge >= 0.3 is 0 Å². The van der Waals surface area contributed by atoms with Crippen LogP contribution >= 0.6 is 0 Å². The molecule has 0 atom stereocenters. The standard InChI is InChI=1S/C5H10N2O/c1-2-3-5(8)7-4-6/h2-3H,4,6H2,1H3,(H,7,8)/b3-2-. The number of hydrogen-bond acceptors (Lipinski definition) is 2. The van der Waals surface area contributed by atoms with Gasteiger partial charge in [-0.15, -0.1) is 0 Å². The molecule has 1 amide bonds. The third kappa shape index (κ3) is 3.36. The Morgan fingerprint density at radius 2 is 2.50 bits per heavy atom. The lowest BCUT2D eigenvalue weighted by molar-refractivity contribution is -0.116. The second-order valence-electron chi connectivity index (χ2n) is 1.25. The summed E-state index contributed by atoms with van der Waals surface area (Å²) in [5, 5.41) is 2.40. The topological polar surface area (TPSA) is 55.1 Å². The van der Waals surface area contributed by atoms with Crippen molar-refractivity contribution in [3.8, 4) is 0 Å². The van der Waals surface area contributed by atoms with Crippen molar-refractivity contribution >= 4 is 5.91 Å². The van der Waals surface area contributed by atoms with Crippen molar-refractivity contribution in [3.05, 3.63) is 12.2 Å². The Bertz CT molecular complexity index is 98.6. The van der Waals surface area contributed by atoms with Crippen LogP contribution in [-0.4, -0.2) is 12.6 Å². The highest BCUT2D eigenvalue weighted by atomic mass is 16.1. The molecule has 0 aliphatic rings. The van der Waals surface area contributed by atoms with Crippen LogP contribution in [0.25, 0.3) is 0 Å². The molecule has 0 aromatic heterocycles. The fourth-order valence-electron chi connectivity index (χ4n) is 0.311. The Morgan fingerprint density at radius 3 is 2.88 bits per heavy atom. The molecular weight excluding hydrogens is 104 g/mol. The van der Waals surface area contributed by atoms with Gasteiger partial charge in [0.2, 0.25) is 5.91 Å². The molecule has 0 saturated heterocycles. The number of nitrogens with one attached hydrogen (secondary N) is 1. The van der Waals surface area contributed by atoms with Crippen molar-refractivity contribution in [1.82, 2.24) is 5.32 Å². The maximum Gasteiger partial charge on any atom is 0.244 e. The van der Waals surface area contributed by atoms with Gasteiger partial charge in [0, 0.05) is 0 Å². The largest absolute Gasteiger partial charge is 0.340 e. The van der Waals surface area contributed by atoms with E-state index in [1.165, 1.54) is 6.08 Å². The number of carbonyl (C=O) groups is 1. The zero-order valence-electron chi connectivity index (χ0n) is 4.85. The van der Waals surface area contributed by atoms with E-state index >= 15 is 0 Å². The number of amides is 1. The molecule has 0 aromatic rings. The van der Waals surface area contributed by atoms with E-state index in [4.69, 9.17) is 5.73 Å². The summed E-state index contributed by atoms with van der Waals surface area (Å²) in [5.41, 5.74) is 4.99. The smallest absolute Gasteiger partial charge is 0.244 e. The van der Waals surface area contributed by atoms with Crippen molar-refractivity contribution < 1.29 is 4.79 Å². The highest BCUT2D eigenvalue weighted by Gasteiger charge is 1.85. The first-order chi connectivity index (χ1) is 3.81. The summed E-state index contributed by atoms with van der Waals surface area (Å²) in [6, 6.07) is 0. The molecule has 0 spiro atoms. The maximum absolute atomic E-state index is 10.4. The van der Waals surface area contributed by atoms with Crippen molar-refractivity contribution in [2.24, 2.45) is 5.73 Å².